The van der Waals surface area contributed by atoms with Crippen molar-refractivity contribution in [3.8, 4) is 11.5 Å². The van der Waals surface area contributed by atoms with Crippen molar-refractivity contribution in [2.75, 3.05) is 13.7 Å². The normalized spacial score (nSPS) is 14.8. The summed E-state index contributed by atoms with van der Waals surface area (Å²) in [5.74, 6) is -0.211. The molecule has 0 N–H and O–H groups in total. The molecule has 0 aromatic heterocycles. The Kier molecular flexibility index (Phi) is 4.23. The van der Waals surface area contributed by atoms with Crippen molar-refractivity contribution in [3.63, 3.8) is 0 Å². The predicted octanol–water partition coefficient (Wildman–Crippen LogP) is 3.18. The third-order valence-corrected chi connectivity index (χ3v) is 3.43. The second-order valence-electron chi connectivity index (χ2n) is 4.86. The van der Waals surface area contributed by atoms with Gasteiger partial charge in [0.2, 0.25) is 0 Å². The maximum atomic E-state index is 13.5. The Bertz CT molecular complexity index is 773. The lowest BCUT2D eigenvalue weighted by atomic mass is 10.0. The van der Waals surface area contributed by atoms with Gasteiger partial charge in [0, 0.05) is 18.1 Å². The van der Waals surface area contributed by atoms with E-state index in [9.17, 15) is 9.18 Å². The van der Waals surface area contributed by atoms with Gasteiger partial charge in [-0.3, -0.25) is 0 Å². The van der Waals surface area contributed by atoms with E-state index >= 15 is 0 Å². The smallest absolute Gasteiger partial charge is 0.368 e. The minimum atomic E-state index is -0.836. The Hall–Kier alpha value is -2.89. The van der Waals surface area contributed by atoms with Crippen molar-refractivity contribution >= 4 is 11.7 Å². The minimum Gasteiger partial charge on any atom is -0.497 e. The summed E-state index contributed by atoms with van der Waals surface area (Å²) in [6.07, 6.45) is 0.490. The van der Waals surface area contributed by atoms with Gasteiger partial charge in [0.1, 0.15) is 17.3 Å². The molecule has 6 heteroatoms. The van der Waals surface area contributed by atoms with Gasteiger partial charge in [0.15, 0.2) is 0 Å². The van der Waals surface area contributed by atoms with Crippen molar-refractivity contribution in [1.29, 1.82) is 0 Å². The highest BCUT2D eigenvalue weighted by Crippen LogP contribution is 2.29. The van der Waals surface area contributed by atoms with Crippen LogP contribution in [0.15, 0.2) is 47.6 Å². The molecule has 0 atom stereocenters. The topological polar surface area (TPSA) is 57.1 Å². The standard InChI is InChI=1S/C17H14FNO4/c1-21-11-6-7-13-15(8-9-22-16(13)10-11)19-23-17(20)12-4-2-3-5-14(12)18/h2-7,10H,8-9H2,1H3/b19-15-. The lowest BCUT2D eigenvalue weighted by molar-refractivity contribution is 0.0509. The summed E-state index contributed by atoms with van der Waals surface area (Å²) in [5.41, 5.74) is 1.14. The van der Waals surface area contributed by atoms with Gasteiger partial charge in [-0.1, -0.05) is 17.3 Å². The highest BCUT2D eigenvalue weighted by Gasteiger charge is 2.19. The lowest BCUT2D eigenvalue weighted by Crippen LogP contribution is -2.17. The number of fused-ring (bicyclic) bond motifs is 1. The van der Waals surface area contributed by atoms with Crippen LogP contribution in [0.4, 0.5) is 4.39 Å². The number of hydrogen-bond donors (Lipinski definition) is 0. The molecular weight excluding hydrogens is 301 g/mol. The van der Waals surface area contributed by atoms with Crippen LogP contribution in [-0.4, -0.2) is 25.4 Å². The molecule has 0 radical (unpaired) electrons. The van der Waals surface area contributed by atoms with E-state index in [1.807, 2.05) is 0 Å². The Morgan fingerprint density at radius 1 is 1.26 bits per heavy atom. The monoisotopic (exact) mass is 315 g/mol. The van der Waals surface area contributed by atoms with Crippen molar-refractivity contribution in [2.45, 2.75) is 6.42 Å². The van der Waals surface area contributed by atoms with E-state index in [0.29, 0.717) is 30.2 Å². The van der Waals surface area contributed by atoms with Gasteiger partial charge in [-0.25, -0.2) is 9.18 Å². The first-order valence-electron chi connectivity index (χ1n) is 7.03. The van der Waals surface area contributed by atoms with Crippen LogP contribution in [0.5, 0.6) is 11.5 Å². The van der Waals surface area contributed by atoms with Gasteiger partial charge in [0.25, 0.3) is 0 Å². The average molecular weight is 315 g/mol. The maximum absolute atomic E-state index is 13.5. The third-order valence-electron chi connectivity index (χ3n) is 3.43. The SMILES string of the molecule is COc1ccc2c(c1)OCC/C2=N/OC(=O)c1ccccc1F. The third kappa shape index (κ3) is 3.15. The van der Waals surface area contributed by atoms with Crippen LogP contribution in [0, 0.1) is 5.82 Å². The molecule has 0 amide bonds. The Morgan fingerprint density at radius 3 is 2.87 bits per heavy atom. The molecular formula is C17H14FNO4. The summed E-state index contributed by atoms with van der Waals surface area (Å²) >= 11 is 0. The van der Waals surface area contributed by atoms with E-state index in [0.717, 1.165) is 5.56 Å². The molecule has 0 bridgehead atoms. The van der Waals surface area contributed by atoms with Crippen LogP contribution in [-0.2, 0) is 4.84 Å². The fourth-order valence-electron chi connectivity index (χ4n) is 2.25. The highest BCUT2D eigenvalue weighted by molar-refractivity contribution is 6.04. The first kappa shape index (κ1) is 15.0. The Morgan fingerprint density at radius 2 is 2.09 bits per heavy atom. The molecule has 0 saturated heterocycles. The van der Waals surface area contributed by atoms with E-state index in [-0.39, 0.29) is 5.56 Å². The van der Waals surface area contributed by atoms with E-state index in [1.54, 1.807) is 31.4 Å². The minimum absolute atomic E-state index is 0.154. The number of carbonyl (C=O) groups is 1. The molecule has 23 heavy (non-hydrogen) atoms. The quantitative estimate of drug-likeness (QED) is 0.645. The molecule has 2 aromatic carbocycles. The molecule has 2 aromatic rings. The van der Waals surface area contributed by atoms with Crippen molar-refractivity contribution < 1.29 is 23.5 Å². The largest absolute Gasteiger partial charge is 0.497 e. The molecule has 0 aliphatic carbocycles. The number of rotatable bonds is 3. The number of carbonyl (C=O) groups excluding carboxylic acids is 1. The van der Waals surface area contributed by atoms with Crippen LogP contribution in [0.2, 0.25) is 0 Å². The Labute approximate surface area is 132 Å². The number of oxime groups is 1. The van der Waals surface area contributed by atoms with Crippen LogP contribution in [0.1, 0.15) is 22.3 Å². The second kappa shape index (κ2) is 6.48. The maximum Gasteiger partial charge on any atom is 0.368 e. The average Bonchev–Trinajstić information content (AvgIpc) is 2.59. The molecule has 0 saturated carbocycles. The number of benzene rings is 2. The predicted molar refractivity (Wildman–Crippen MR) is 81.5 cm³/mol. The van der Waals surface area contributed by atoms with Crippen molar-refractivity contribution in [3.05, 3.63) is 59.4 Å². The molecule has 1 aliphatic heterocycles. The van der Waals surface area contributed by atoms with Crippen molar-refractivity contribution in [2.24, 2.45) is 5.16 Å². The van der Waals surface area contributed by atoms with Crippen molar-refractivity contribution in [1.82, 2.24) is 0 Å². The van der Waals surface area contributed by atoms with Crippen LogP contribution in [0.3, 0.4) is 0 Å². The zero-order chi connectivity index (χ0) is 16.2. The fraction of sp³-hybridized carbons (Fsp3) is 0.176. The molecule has 118 valence electrons. The van der Waals surface area contributed by atoms with Gasteiger partial charge in [0.05, 0.1) is 25.0 Å². The first-order valence-corrected chi connectivity index (χ1v) is 7.03. The summed E-state index contributed by atoms with van der Waals surface area (Å²) in [4.78, 5) is 16.8. The summed E-state index contributed by atoms with van der Waals surface area (Å²) < 4.78 is 24.2. The van der Waals surface area contributed by atoms with E-state index in [1.165, 1.54) is 18.2 Å². The molecule has 0 fully saturated rings. The number of methoxy groups -OCH3 is 1. The first-order chi connectivity index (χ1) is 11.2. The Balaban J connectivity index is 1.82. The van der Waals surface area contributed by atoms with Gasteiger partial charge < -0.3 is 14.3 Å². The lowest BCUT2D eigenvalue weighted by Gasteiger charge is -2.19. The number of ether oxygens (including phenoxy) is 2. The number of halogens is 1. The van der Waals surface area contributed by atoms with Gasteiger partial charge in [-0.2, -0.15) is 0 Å². The van der Waals surface area contributed by atoms with Crippen LogP contribution < -0.4 is 9.47 Å². The molecule has 1 heterocycles. The fourth-order valence-corrected chi connectivity index (χ4v) is 2.25. The zero-order valence-corrected chi connectivity index (χ0v) is 12.4. The summed E-state index contributed by atoms with van der Waals surface area (Å²) in [7, 11) is 1.57. The highest BCUT2D eigenvalue weighted by atomic mass is 19.1. The molecule has 5 nitrogen and oxygen atoms in total. The van der Waals surface area contributed by atoms with Gasteiger partial charge >= 0.3 is 5.97 Å². The molecule has 0 unspecified atom stereocenters. The second-order valence-corrected chi connectivity index (χ2v) is 4.86. The number of hydrogen-bond acceptors (Lipinski definition) is 5. The van der Waals surface area contributed by atoms with E-state index in [4.69, 9.17) is 14.3 Å². The molecule has 3 rings (SSSR count). The van der Waals surface area contributed by atoms with Crippen LogP contribution in [0.25, 0.3) is 0 Å². The van der Waals surface area contributed by atoms with E-state index < -0.39 is 11.8 Å². The molecule has 1 aliphatic rings. The number of nitrogens with zero attached hydrogens (tertiary/aromatic N) is 1. The van der Waals surface area contributed by atoms with Crippen LogP contribution >= 0.6 is 0 Å². The summed E-state index contributed by atoms with van der Waals surface area (Å²) in [6.45, 7) is 0.413. The molecule has 0 spiro atoms. The summed E-state index contributed by atoms with van der Waals surface area (Å²) in [6, 6.07) is 10.9. The van der Waals surface area contributed by atoms with Gasteiger partial charge in [-0.05, 0) is 24.3 Å². The van der Waals surface area contributed by atoms with E-state index in [2.05, 4.69) is 5.16 Å². The van der Waals surface area contributed by atoms with Gasteiger partial charge in [-0.15, -0.1) is 0 Å². The summed E-state index contributed by atoms with van der Waals surface area (Å²) in [5, 5.41) is 3.88. The zero-order valence-electron chi connectivity index (χ0n) is 12.4.